The lowest BCUT2D eigenvalue weighted by molar-refractivity contribution is -0.118. The molecule has 1 aromatic heterocycles. The number of amides is 1. The SMILES string of the molecule is CCCNC(=O)CSc1nc2ccccc2c(=O)[nH]1. The van der Waals surface area contributed by atoms with Crippen molar-refractivity contribution in [2.75, 3.05) is 12.3 Å². The molecule has 0 aliphatic carbocycles. The number of thioether (sulfide) groups is 1. The lowest BCUT2D eigenvalue weighted by Crippen LogP contribution is -2.25. The molecule has 0 aliphatic heterocycles. The van der Waals surface area contributed by atoms with E-state index in [0.717, 1.165) is 6.42 Å². The predicted molar refractivity (Wildman–Crippen MR) is 76.4 cm³/mol. The standard InChI is InChI=1S/C13H15N3O2S/c1-2-7-14-11(17)8-19-13-15-10-6-4-3-5-9(10)12(18)16-13/h3-6H,2,7-8H2,1H3,(H,14,17)(H,15,16,18). The highest BCUT2D eigenvalue weighted by molar-refractivity contribution is 7.99. The molecule has 0 atom stereocenters. The molecule has 1 aromatic carbocycles. The summed E-state index contributed by atoms with van der Waals surface area (Å²) in [6.45, 7) is 2.66. The molecule has 0 saturated heterocycles. The molecule has 6 heteroatoms. The van der Waals surface area contributed by atoms with Crippen molar-refractivity contribution in [1.29, 1.82) is 0 Å². The largest absolute Gasteiger partial charge is 0.355 e. The number of benzene rings is 1. The van der Waals surface area contributed by atoms with Crippen LogP contribution in [-0.2, 0) is 4.79 Å². The predicted octanol–water partition coefficient (Wildman–Crippen LogP) is 1.54. The van der Waals surface area contributed by atoms with E-state index in [-0.39, 0.29) is 17.2 Å². The Hall–Kier alpha value is -1.82. The second-order valence-corrected chi connectivity index (χ2v) is 4.99. The van der Waals surface area contributed by atoms with Crippen molar-refractivity contribution in [3.8, 4) is 0 Å². The zero-order valence-corrected chi connectivity index (χ0v) is 11.4. The molecule has 1 amide bonds. The van der Waals surface area contributed by atoms with Crippen LogP contribution in [0.2, 0.25) is 0 Å². The monoisotopic (exact) mass is 277 g/mol. The highest BCUT2D eigenvalue weighted by atomic mass is 32.2. The topological polar surface area (TPSA) is 74.8 Å². The van der Waals surface area contributed by atoms with Crippen LogP contribution in [0, 0.1) is 0 Å². The Morgan fingerprint density at radius 2 is 2.21 bits per heavy atom. The zero-order chi connectivity index (χ0) is 13.7. The van der Waals surface area contributed by atoms with Gasteiger partial charge in [-0.3, -0.25) is 9.59 Å². The van der Waals surface area contributed by atoms with Gasteiger partial charge in [0, 0.05) is 6.54 Å². The molecule has 2 N–H and O–H groups in total. The summed E-state index contributed by atoms with van der Waals surface area (Å²) in [5, 5.41) is 3.80. The van der Waals surface area contributed by atoms with Crippen molar-refractivity contribution in [3.63, 3.8) is 0 Å². The van der Waals surface area contributed by atoms with Gasteiger partial charge in [-0.15, -0.1) is 0 Å². The Labute approximate surface area is 114 Å². The number of nitrogens with zero attached hydrogens (tertiary/aromatic N) is 1. The van der Waals surface area contributed by atoms with E-state index in [0.29, 0.717) is 22.6 Å². The first-order valence-corrected chi connectivity index (χ1v) is 7.08. The number of hydrogen-bond acceptors (Lipinski definition) is 4. The van der Waals surface area contributed by atoms with E-state index >= 15 is 0 Å². The summed E-state index contributed by atoms with van der Waals surface area (Å²) in [6.07, 6.45) is 0.904. The van der Waals surface area contributed by atoms with Crippen molar-refractivity contribution in [1.82, 2.24) is 15.3 Å². The van der Waals surface area contributed by atoms with Crippen LogP contribution < -0.4 is 10.9 Å². The van der Waals surface area contributed by atoms with E-state index in [9.17, 15) is 9.59 Å². The van der Waals surface area contributed by atoms with E-state index in [4.69, 9.17) is 0 Å². The van der Waals surface area contributed by atoms with Crippen LogP contribution >= 0.6 is 11.8 Å². The number of para-hydroxylation sites is 1. The molecular weight excluding hydrogens is 262 g/mol. The summed E-state index contributed by atoms with van der Waals surface area (Å²) >= 11 is 1.23. The van der Waals surface area contributed by atoms with Crippen LogP contribution in [0.3, 0.4) is 0 Å². The van der Waals surface area contributed by atoms with Gasteiger partial charge in [-0.1, -0.05) is 30.8 Å². The van der Waals surface area contributed by atoms with Crippen molar-refractivity contribution < 1.29 is 4.79 Å². The van der Waals surface area contributed by atoms with Gasteiger partial charge in [0.1, 0.15) is 0 Å². The average Bonchev–Trinajstić information content (AvgIpc) is 2.43. The van der Waals surface area contributed by atoms with Gasteiger partial charge < -0.3 is 10.3 Å². The molecule has 0 saturated carbocycles. The maximum Gasteiger partial charge on any atom is 0.259 e. The van der Waals surface area contributed by atoms with E-state index in [1.807, 2.05) is 13.0 Å². The molecule has 0 unspecified atom stereocenters. The first-order chi connectivity index (χ1) is 9.20. The van der Waals surface area contributed by atoms with Crippen molar-refractivity contribution in [2.45, 2.75) is 18.5 Å². The van der Waals surface area contributed by atoms with Crippen LogP contribution in [-0.4, -0.2) is 28.2 Å². The molecule has 2 rings (SSSR count). The number of carbonyl (C=O) groups is 1. The van der Waals surface area contributed by atoms with Crippen molar-refractivity contribution >= 4 is 28.6 Å². The Balaban J connectivity index is 2.09. The summed E-state index contributed by atoms with van der Waals surface area (Å²) in [7, 11) is 0. The molecule has 0 spiro atoms. The van der Waals surface area contributed by atoms with Gasteiger partial charge in [-0.2, -0.15) is 0 Å². The Morgan fingerprint density at radius 3 is 3.00 bits per heavy atom. The minimum Gasteiger partial charge on any atom is -0.355 e. The van der Waals surface area contributed by atoms with Gasteiger partial charge in [-0.25, -0.2) is 4.98 Å². The summed E-state index contributed by atoms with van der Waals surface area (Å²) < 4.78 is 0. The second kappa shape index (κ2) is 6.38. The lowest BCUT2D eigenvalue weighted by Gasteiger charge is -2.03. The van der Waals surface area contributed by atoms with Crippen LogP contribution in [0.1, 0.15) is 13.3 Å². The highest BCUT2D eigenvalue weighted by Gasteiger charge is 2.06. The number of nitrogens with one attached hydrogen (secondary N) is 2. The Kier molecular flexibility index (Phi) is 4.57. The summed E-state index contributed by atoms with van der Waals surface area (Å²) in [6, 6.07) is 7.14. The molecule has 5 nitrogen and oxygen atoms in total. The fraction of sp³-hybridized carbons (Fsp3) is 0.308. The van der Waals surface area contributed by atoms with Crippen LogP contribution in [0.4, 0.5) is 0 Å². The van der Waals surface area contributed by atoms with Gasteiger partial charge >= 0.3 is 0 Å². The first-order valence-electron chi connectivity index (χ1n) is 6.09. The number of rotatable bonds is 5. The molecule has 0 radical (unpaired) electrons. The van der Waals surface area contributed by atoms with E-state index in [1.54, 1.807) is 18.2 Å². The number of hydrogen-bond donors (Lipinski definition) is 2. The number of H-pyrrole nitrogens is 1. The quantitative estimate of drug-likeness (QED) is 0.642. The number of aromatic nitrogens is 2. The van der Waals surface area contributed by atoms with Gasteiger partial charge in [-0.05, 0) is 18.6 Å². The normalized spacial score (nSPS) is 10.6. The summed E-state index contributed by atoms with van der Waals surface area (Å²) in [5.74, 6) is 0.198. The van der Waals surface area contributed by atoms with Gasteiger partial charge in [0.25, 0.3) is 5.56 Å². The van der Waals surface area contributed by atoms with Gasteiger partial charge in [0.2, 0.25) is 5.91 Å². The maximum atomic E-state index is 11.8. The number of aromatic amines is 1. The third kappa shape index (κ3) is 3.57. The zero-order valence-electron chi connectivity index (χ0n) is 10.6. The second-order valence-electron chi connectivity index (χ2n) is 4.03. The third-order valence-electron chi connectivity index (χ3n) is 2.50. The molecular formula is C13H15N3O2S. The van der Waals surface area contributed by atoms with E-state index in [2.05, 4.69) is 15.3 Å². The van der Waals surface area contributed by atoms with E-state index < -0.39 is 0 Å². The molecule has 0 fully saturated rings. The third-order valence-corrected chi connectivity index (χ3v) is 3.38. The van der Waals surface area contributed by atoms with Crippen LogP contribution in [0.25, 0.3) is 10.9 Å². The molecule has 2 aromatic rings. The fourth-order valence-electron chi connectivity index (χ4n) is 1.58. The van der Waals surface area contributed by atoms with Gasteiger partial charge in [0.05, 0.1) is 16.7 Å². The van der Waals surface area contributed by atoms with Crippen molar-refractivity contribution in [3.05, 3.63) is 34.6 Å². The molecule has 0 bridgehead atoms. The van der Waals surface area contributed by atoms with Crippen LogP contribution in [0.5, 0.6) is 0 Å². The number of fused-ring (bicyclic) bond motifs is 1. The van der Waals surface area contributed by atoms with E-state index in [1.165, 1.54) is 11.8 Å². The fourth-order valence-corrected chi connectivity index (χ4v) is 2.28. The highest BCUT2D eigenvalue weighted by Crippen LogP contribution is 2.14. The number of carbonyl (C=O) groups excluding carboxylic acids is 1. The first kappa shape index (κ1) is 13.6. The lowest BCUT2D eigenvalue weighted by atomic mass is 10.2. The molecule has 1 heterocycles. The maximum absolute atomic E-state index is 11.8. The van der Waals surface area contributed by atoms with Gasteiger partial charge in [0.15, 0.2) is 5.16 Å². The minimum atomic E-state index is -0.179. The summed E-state index contributed by atoms with van der Waals surface area (Å²) in [4.78, 5) is 30.3. The Bertz CT molecular complexity index is 639. The molecule has 0 aliphatic rings. The molecule has 100 valence electrons. The van der Waals surface area contributed by atoms with Crippen molar-refractivity contribution in [2.24, 2.45) is 0 Å². The smallest absolute Gasteiger partial charge is 0.259 e. The summed E-state index contributed by atoms with van der Waals surface area (Å²) in [5.41, 5.74) is 0.463. The molecule has 19 heavy (non-hydrogen) atoms. The Morgan fingerprint density at radius 1 is 1.42 bits per heavy atom. The average molecular weight is 277 g/mol. The van der Waals surface area contributed by atoms with Crippen LogP contribution in [0.15, 0.2) is 34.2 Å². The minimum absolute atomic E-state index is 0.0531.